The van der Waals surface area contributed by atoms with Crippen LogP contribution in [0.4, 0.5) is 0 Å². The van der Waals surface area contributed by atoms with Gasteiger partial charge in [-0.05, 0) is 59.5 Å². The van der Waals surface area contributed by atoms with E-state index in [1.165, 1.54) is 0 Å². The van der Waals surface area contributed by atoms with Gasteiger partial charge in [-0.3, -0.25) is 4.79 Å². The van der Waals surface area contributed by atoms with Crippen molar-refractivity contribution in [2.45, 2.75) is 64.1 Å². The number of carbonyl (C=O) groups is 1. The van der Waals surface area contributed by atoms with Gasteiger partial charge in [-0.25, -0.2) is 0 Å². The molecule has 104 valence electrons. The second kappa shape index (κ2) is 4.49. The van der Waals surface area contributed by atoms with Gasteiger partial charge in [-0.1, -0.05) is 6.42 Å². The lowest BCUT2D eigenvalue weighted by Gasteiger charge is -2.53. The summed E-state index contributed by atoms with van der Waals surface area (Å²) in [6.45, 7) is 7.19. The topological polar surface area (TPSA) is 58.6 Å². The second-order valence-electron chi connectivity index (χ2n) is 6.72. The van der Waals surface area contributed by atoms with E-state index in [9.17, 15) is 9.90 Å². The van der Waals surface area contributed by atoms with Crippen molar-refractivity contribution in [1.29, 1.82) is 0 Å². The maximum absolute atomic E-state index is 12.5. The summed E-state index contributed by atoms with van der Waals surface area (Å²) in [6.07, 6.45) is 3.82. The van der Waals surface area contributed by atoms with Crippen molar-refractivity contribution in [2.75, 3.05) is 13.1 Å². The summed E-state index contributed by atoms with van der Waals surface area (Å²) >= 11 is 0. The molecule has 0 atom stereocenters. The van der Waals surface area contributed by atoms with Crippen LogP contribution in [0.5, 0.6) is 0 Å². The molecule has 0 unspecified atom stereocenters. The van der Waals surface area contributed by atoms with Crippen molar-refractivity contribution in [1.82, 2.24) is 5.32 Å². The van der Waals surface area contributed by atoms with E-state index >= 15 is 0 Å². The van der Waals surface area contributed by atoms with E-state index in [-0.39, 0.29) is 5.97 Å². The van der Waals surface area contributed by atoms with Crippen LogP contribution in [0.15, 0.2) is 0 Å². The first kappa shape index (κ1) is 13.8. The van der Waals surface area contributed by atoms with Crippen LogP contribution in [-0.2, 0) is 9.53 Å². The van der Waals surface area contributed by atoms with Crippen molar-refractivity contribution in [3.8, 4) is 0 Å². The van der Waals surface area contributed by atoms with Crippen molar-refractivity contribution in [3.63, 3.8) is 0 Å². The van der Waals surface area contributed by atoms with Gasteiger partial charge in [-0.2, -0.15) is 0 Å². The van der Waals surface area contributed by atoms with Crippen molar-refractivity contribution in [3.05, 3.63) is 0 Å². The third-order valence-electron chi connectivity index (χ3n) is 4.32. The van der Waals surface area contributed by atoms with E-state index in [1.807, 2.05) is 20.8 Å². The van der Waals surface area contributed by atoms with Crippen LogP contribution in [0.2, 0.25) is 0 Å². The monoisotopic (exact) mass is 255 g/mol. The standard InChI is InChI=1S/C14H25NO3/c1-12(2,3)18-11(16)13(5-4-6-13)14(17)7-9-15-10-8-14/h15,17H,4-10H2,1-3H3. The van der Waals surface area contributed by atoms with Gasteiger partial charge in [0.1, 0.15) is 5.60 Å². The van der Waals surface area contributed by atoms with E-state index in [1.54, 1.807) is 0 Å². The Morgan fingerprint density at radius 3 is 2.11 bits per heavy atom. The lowest BCUT2D eigenvalue weighted by atomic mass is 9.56. The third-order valence-corrected chi connectivity index (χ3v) is 4.32. The molecule has 0 bridgehead atoms. The molecule has 1 saturated heterocycles. The van der Waals surface area contributed by atoms with Crippen LogP contribution < -0.4 is 5.32 Å². The average molecular weight is 255 g/mol. The van der Waals surface area contributed by atoms with Gasteiger partial charge in [0.05, 0.1) is 11.0 Å². The van der Waals surface area contributed by atoms with Crippen molar-refractivity contribution < 1.29 is 14.6 Å². The van der Waals surface area contributed by atoms with Gasteiger partial charge < -0.3 is 15.2 Å². The minimum Gasteiger partial charge on any atom is -0.459 e. The highest BCUT2D eigenvalue weighted by atomic mass is 16.6. The summed E-state index contributed by atoms with van der Waals surface area (Å²) in [7, 11) is 0. The molecule has 0 radical (unpaired) electrons. The van der Waals surface area contributed by atoms with Gasteiger partial charge in [0.15, 0.2) is 0 Å². The van der Waals surface area contributed by atoms with Crippen molar-refractivity contribution >= 4 is 5.97 Å². The molecule has 4 heteroatoms. The number of hydrogen-bond acceptors (Lipinski definition) is 4. The van der Waals surface area contributed by atoms with E-state index < -0.39 is 16.6 Å². The first-order valence-electron chi connectivity index (χ1n) is 6.96. The summed E-state index contributed by atoms with van der Waals surface area (Å²) < 4.78 is 5.54. The molecule has 1 saturated carbocycles. The summed E-state index contributed by atoms with van der Waals surface area (Å²) in [5.41, 5.74) is -2.01. The number of piperidine rings is 1. The molecule has 18 heavy (non-hydrogen) atoms. The molecule has 0 aromatic rings. The minimum atomic E-state index is -0.876. The maximum Gasteiger partial charge on any atom is 0.315 e. The SMILES string of the molecule is CC(C)(C)OC(=O)C1(C2(O)CCNCC2)CCC1. The first-order chi connectivity index (χ1) is 8.29. The Labute approximate surface area is 109 Å². The molecule has 2 aliphatic rings. The number of carbonyl (C=O) groups excluding carboxylic acids is 1. The largest absolute Gasteiger partial charge is 0.459 e. The number of nitrogens with one attached hydrogen (secondary N) is 1. The number of esters is 1. The Morgan fingerprint density at radius 1 is 1.17 bits per heavy atom. The molecule has 4 nitrogen and oxygen atoms in total. The Hall–Kier alpha value is -0.610. The molecule has 1 aliphatic heterocycles. The Kier molecular flexibility index (Phi) is 3.45. The second-order valence-corrected chi connectivity index (χ2v) is 6.72. The summed E-state index contributed by atoms with van der Waals surface area (Å²) in [4.78, 5) is 12.5. The summed E-state index contributed by atoms with van der Waals surface area (Å²) in [5.74, 6) is -0.203. The number of aliphatic hydroxyl groups is 1. The van der Waals surface area contributed by atoms with Crippen LogP contribution in [0, 0.1) is 5.41 Å². The molecule has 2 rings (SSSR count). The fourth-order valence-corrected chi connectivity index (χ4v) is 3.08. The van der Waals surface area contributed by atoms with Gasteiger partial charge in [0, 0.05) is 0 Å². The van der Waals surface area contributed by atoms with Crippen LogP contribution in [0.1, 0.15) is 52.9 Å². The lowest BCUT2D eigenvalue weighted by Crippen LogP contribution is -2.62. The van der Waals surface area contributed by atoms with E-state index in [0.717, 1.165) is 32.4 Å². The van der Waals surface area contributed by atoms with E-state index in [0.29, 0.717) is 12.8 Å². The van der Waals surface area contributed by atoms with Crippen LogP contribution in [0.25, 0.3) is 0 Å². The third kappa shape index (κ3) is 2.28. The molecule has 1 aliphatic carbocycles. The van der Waals surface area contributed by atoms with Gasteiger partial charge in [0.25, 0.3) is 0 Å². The number of rotatable bonds is 2. The smallest absolute Gasteiger partial charge is 0.315 e. The summed E-state index contributed by atoms with van der Waals surface area (Å²) in [6, 6.07) is 0. The molecular weight excluding hydrogens is 230 g/mol. The quantitative estimate of drug-likeness (QED) is 0.736. The molecule has 1 heterocycles. The Bertz CT molecular complexity index is 322. The molecule has 2 N–H and O–H groups in total. The molecule has 0 spiro atoms. The fourth-order valence-electron chi connectivity index (χ4n) is 3.08. The Morgan fingerprint density at radius 2 is 1.72 bits per heavy atom. The lowest BCUT2D eigenvalue weighted by molar-refractivity contribution is -0.205. The molecule has 0 aromatic heterocycles. The van der Waals surface area contributed by atoms with Crippen LogP contribution in [-0.4, -0.2) is 35.4 Å². The maximum atomic E-state index is 12.5. The highest BCUT2D eigenvalue weighted by Crippen LogP contribution is 2.53. The zero-order chi connectivity index (χ0) is 13.4. The van der Waals surface area contributed by atoms with Gasteiger partial charge in [0.2, 0.25) is 0 Å². The molecule has 2 fully saturated rings. The first-order valence-corrected chi connectivity index (χ1v) is 6.96. The molecular formula is C14H25NO3. The predicted octanol–water partition coefficient (Wildman–Crippen LogP) is 1.61. The zero-order valence-electron chi connectivity index (χ0n) is 11.7. The van der Waals surface area contributed by atoms with Crippen molar-refractivity contribution in [2.24, 2.45) is 5.41 Å². The van der Waals surface area contributed by atoms with Crippen LogP contribution in [0.3, 0.4) is 0 Å². The summed E-state index contributed by atoms with van der Waals surface area (Å²) in [5, 5.41) is 14.1. The molecule has 0 aromatic carbocycles. The number of hydrogen-bond donors (Lipinski definition) is 2. The Balaban J connectivity index is 2.17. The highest BCUT2D eigenvalue weighted by Gasteiger charge is 2.60. The zero-order valence-corrected chi connectivity index (χ0v) is 11.7. The number of ether oxygens (including phenoxy) is 1. The van der Waals surface area contributed by atoms with Gasteiger partial charge in [-0.15, -0.1) is 0 Å². The minimum absolute atomic E-state index is 0.203. The highest BCUT2D eigenvalue weighted by molar-refractivity contribution is 5.80. The average Bonchev–Trinajstić information content (AvgIpc) is 2.12. The van der Waals surface area contributed by atoms with Gasteiger partial charge >= 0.3 is 5.97 Å². The van der Waals surface area contributed by atoms with E-state index in [4.69, 9.17) is 4.74 Å². The molecule has 0 amide bonds. The normalized spacial score (nSPS) is 26.2. The van der Waals surface area contributed by atoms with E-state index in [2.05, 4.69) is 5.32 Å². The fraction of sp³-hybridized carbons (Fsp3) is 0.929. The van der Waals surface area contributed by atoms with Crippen LogP contribution >= 0.6 is 0 Å². The predicted molar refractivity (Wildman–Crippen MR) is 69.2 cm³/mol.